The fraction of sp³-hybridized carbons (Fsp3) is 0.917. The molecule has 0 amide bonds. The average Bonchev–Trinajstić information content (AvgIpc) is 2.98. The standard InChI is InChI=1S/C12H25N5S2/c1-14(2)9-10-17(16-7-5-6-8-16)12-13-11(15(3)4)18-19-12/h11H,5-10H2,1-4H3. The molecule has 0 aromatic carbocycles. The molecule has 19 heavy (non-hydrogen) atoms. The summed E-state index contributed by atoms with van der Waals surface area (Å²) in [4.78, 5) is 9.25. The topological polar surface area (TPSA) is 25.3 Å². The maximum Gasteiger partial charge on any atom is 0.187 e. The maximum atomic E-state index is 4.84. The first-order chi connectivity index (χ1) is 9.08. The van der Waals surface area contributed by atoms with Gasteiger partial charge in [0, 0.05) is 26.2 Å². The van der Waals surface area contributed by atoms with Crippen LogP contribution in [0.15, 0.2) is 4.99 Å². The fourth-order valence-corrected chi connectivity index (χ4v) is 4.67. The summed E-state index contributed by atoms with van der Waals surface area (Å²) >= 11 is 0. The van der Waals surface area contributed by atoms with Crippen LogP contribution < -0.4 is 0 Å². The van der Waals surface area contributed by atoms with E-state index in [1.807, 2.05) is 21.6 Å². The van der Waals surface area contributed by atoms with Crippen molar-refractivity contribution in [1.82, 2.24) is 19.8 Å². The van der Waals surface area contributed by atoms with Gasteiger partial charge in [0.1, 0.15) is 0 Å². The highest BCUT2D eigenvalue weighted by Crippen LogP contribution is 2.38. The van der Waals surface area contributed by atoms with Crippen LogP contribution in [0.25, 0.3) is 0 Å². The number of rotatable bonds is 5. The van der Waals surface area contributed by atoms with E-state index >= 15 is 0 Å². The molecule has 0 N–H and O–H groups in total. The molecule has 0 aromatic heterocycles. The molecule has 7 heteroatoms. The monoisotopic (exact) mass is 303 g/mol. The molecular formula is C12H25N5S2. The van der Waals surface area contributed by atoms with Crippen LogP contribution in [-0.4, -0.2) is 84.9 Å². The highest BCUT2D eigenvalue weighted by molar-refractivity contribution is 8.82. The molecule has 1 atom stereocenters. The Kier molecular flexibility index (Phi) is 5.83. The number of amidine groups is 1. The second-order valence-corrected chi connectivity index (χ2v) is 7.69. The second-order valence-electron chi connectivity index (χ2n) is 5.47. The summed E-state index contributed by atoms with van der Waals surface area (Å²) in [6.07, 6.45) is 2.61. The lowest BCUT2D eigenvalue weighted by Crippen LogP contribution is -2.46. The van der Waals surface area contributed by atoms with Crippen LogP contribution >= 0.6 is 21.6 Å². The van der Waals surface area contributed by atoms with Gasteiger partial charge in [0.2, 0.25) is 0 Å². The zero-order valence-corrected chi connectivity index (χ0v) is 14.0. The number of hydrazine groups is 1. The van der Waals surface area contributed by atoms with Crippen molar-refractivity contribution in [2.45, 2.75) is 18.3 Å². The van der Waals surface area contributed by atoms with E-state index in [1.165, 1.54) is 31.1 Å². The van der Waals surface area contributed by atoms with Gasteiger partial charge in [-0.25, -0.2) is 10.0 Å². The molecule has 2 aliphatic heterocycles. The Bertz CT molecular complexity index is 315. The first-order valence-corrected chi connectivity index (χ1v) is 9.04. The van der Waals surface area contributed by atoms with Gasteiger partial charge >= 0.3 is 0 Å². The van der Waals surface area contributed by atoms with Crippen LogP contribution in [-0.2, 0) is 0 Å². The Morgan fingerprint density at radius 3 is 2.37 bits per heavy atom. The van der Waals surface area contributed by atoms with E-state index in [0.717, 1.165) is 13.1 Å². The maximum absolute atomic E-state index is 4.84. The molecule has 0 bridgehead atoms. The normalized spacial score (nSPS) is 24.5. The highest BCUT2D eigenvalue weighted by atomic mass is 33.1. The molecule has 1 unspecified atom stereocenters. The van der Waals surface area contributed by atoms with Gasteiger partial charge in [-0.1, -0.05) is 0 Å². The van der Waals surface area contributed by atoms with E-state index in [9.17, 15) is 0 Å². The van der Waals surface area contributed by atoms with Gasteiger partial charge in [-0.3, -0.25) is 9.91 Å². The van der Waals surface area contributed by atoms with Crippen molar-refractivity contribution in [3.8, 4) is 0 Å². The van der Waals surface area contributed by atoms with Gasteiger partial charge in [0.15, 0.2) is 10.7 Å². The van der Waals surface area contributed by atoms with E-state index in [4.69, 9.17) is 4.99 Å². The third-order valence-corrected chi connectivity index (χ3v) is 5.79. The van der Waals surface area contributed by atoms with Crippen molar-refractivity contribution in [2.24, 2.45) is 4.99 Å². The van der Waals surface area contributed by atoms with Crippen molar-refractivity contribution in [3.63, 3.8) is 0 Å². The molecule has 1 fully saturated rings. The van der Waals surface area contributed by atoms with E-state index in [-0.39, 0.29) is 5.50 Å². The lowest BCUT2D eigenvalue weighted by atomic mass is 10.4. The zero-order valence-electron chi connectivity index (χ0n) is 12.4. The summed E-state index contributed by atoms with van der Waals surface area (Å²) in [5.74, 6) is 0. The van der Waals surface area contributed by atoms with Gasteiger partial charge in [0.05, 0.1) is 0 Å². The van der Waals surface area contributed by atoms with E-state index in [2.05, 4.69) is 48.0 Å². The summed E-state index contributed by atoms with van der Waals surface area (Å²) < 4.78 is 0. The first kappa shape index (κ1) is 15.4. The lowest BCUT2D eigenvalue weighted by Gasteiger charge is -2.33. The van der Waals surface area contributed by atoms with Gasteiger partial charge in [0.25, 0.3) is 0 Å². The lowest BCUT2D eigenvalue weighted by molar-refractivity contribution is 0.0706. The van der Waals surface area contributed by atoms with Crippen LogP contribution in [0.3, 0.4) is 0 Å². The number of hydrogen-bond acceptors (Lipinski definition) is 7. The predicted octanol–water partition coefficient (Wildman–Crippen LogP) is 1.46. The molecule has 2 heterocycles. The van der Waals surface area contributed by atoms with Crippen LogP contribution in [0.5, 0.6) is 0 Å². The van der Waals surface area contributed by atoms with Crippen LogP contribution in [0.4, 0.5) is 0 Å². The van der Waals surface area contributed by atoms with Gasteiger partial charge < -0.3 is 4.90 Å². The minimum atomic E-state index is 0.254. The SMILES string of the molecule is CN(C)CCN(C1=NC(N(C)C)SS1)N1CCCC1. The fourth-order valence-electron chi connectivity index (χ4n) is 2.13. The van der Waals surface area contributed by atoms with Gasteiger partial charge in [-0.2, -0.15) is 0 Å². The molecule has 110 valence electrons. The van der Waals surface area contributed by atoms with E-state index in [1.54, 1.807) is 0 Å². The highest BCUT2D eigenvalue weighted by Gasteiger charge is 2.29. The summed E-state index contributed by atoms with van der Waals surface area (Å²) in [6.45, 7) is 4.43. The Hall–Kier alpha value is 0.0500. The molecule has 0 aromatic rings. The van der Waals surface area contributed by atoms with E-state index in [0.29, 0.717) is 0 Å². The molecule has 0 aliphatic carbocycles. The van der Waals surface area contributed by atoms with Crippen molar-refractivity contribution < 1.29 is 0 Å². The molecule has 0 spiro atoms. The van der Waals surface area contributed by atoms with Gasteiger partial charge in [-0.15, -0.1) is 0 Å². The molecule has 0 radical (unpaired) electrons. The summed E-state index contributed by atoms with van der Waals surface area (Å²) in [6, 6.07) is 0. The predicted molar refractivity (Wildman–Crippen MR) is 86.2 cm³/mol. The van der Waals surface area contributed by atoms with Crippen LogP contribution in [0.1, 0.15) is 12.8 Å². The molecule has 0 saturated carbocycles. The second kappa shape index (κ2) is 7.17. The average molecular weight is 304 g/mol. The third-order valence-electron chi connectivity index (χ3n) is 3.28. The minimum absolute atomic E-state index is 0.254. The first-order valence-electron chi connectivity index (χ1n) is 6.82. The summed E-state index contributed by atoms with van der Waals surface area (Å²) in [7, 11) is 12.1. The molecule has 2 rings (SSSR count). The Labute approximate surface area is 124 Å². The Balaban J connectivity index is 2.02. The van der Waals surface area contributed by atoms with Crippen molar-refractivity contribution in [1.29, 1.82) is 0 Å². The molecular weight excluding hydrogens is 278 g/mol. The number of hydrogen-bond donors (Lipinski definition) is 0. The van der Waals surface area contributed by atoms with Crippen molar-refractivity contribution in [3.05, 3.63) is 0 Å². The summed E-state index contributed by atoms with van der Waals surface area (Å²) in [5.41, 5.74) is 0.254. The third kappa shape index (κ3) is 4.26. The Morgan fingerprint density at radius 2 is 1.84 bits per heavy atom. The van der Waals surface area contributed by atoms with Crippen molar-refractivity contribution in [2.75, 3.05) is 54.4 Å². The number of aliphatic imine (C=N–C) groups is 1. The molecule has 5 nitrogen and oxygen atoms in total. The minimum Gasteiger partial charge on any atom is -0.308 e. The molecule has 1 saturated heterocycles. The van der Waals surface area contributed by atoms with Crippen LogP contribution in [0, 0.1) is 0 Å². The largest absolute Gasteiger partial charge is 0.308 e. The molecule has 2 aliphatic rings. The van der Waals surface area contributed by atoms with E-state index < -0.39 is 0 Å². The number of likely N-dealkylation sites (N-methyl/N-ethyl adjacent to an activating group) is 1. The zero-order chi connectivity index (χ0) is 13.8. The Morgan fingerprint density at radius 1 is 1.16 bits per heavy atom. The number of nitrogens with zero attached hydrogens (tertiary/aromatic N) is 5. The van der Waals surface area contributed by atoms with Crippen molar-refractivity contribution >= 4 is 26.8 Å². The smallest absolute Gasteiger partial charge is 0.187 e. The van der Waals surface area contributed by atoms with Gasteiger partial charge in [-0.05, 0) is 62.6 Å². The summed E-state index contributed by atoms with van der Waals surface area (Å²) in [5, 5.41) is 6.04. The quantitative estimate of drug-likeness (QED) is 0.713. The van der Waals surface area contributed by atoms with Crippen LogP contribution in [0.2, 0.25) is 0 Å².